The maximum absolute atomic E-state index is 12.1. The zero-order valence-electron chi connectivity index (χ0n) is 8.82. The summed E-state index contributed by atoms with van der Waals surface area (Å²) >= 11 is 0. The molecule has 2 N–H and O–H groups in total. The van der Waals surface area contributed by atoms with Gasteiger partial charge in [0.25, 0.3) is 0 Å². The van der Waals surface area contributed by atoms with Gasteiger partial charge in [0.05, 0.1) is 7.11 Å². The van der Waals surface area contributed by atoms with Crippen molar-refractivity contribution in [2.45, 2.75) is 12.4 Å². The van der Waals surface area contributed by atoms with Gasteiger partial charge in [-0.05, 0) is 6.07 Å². The minimum atomic E-state index is -4.84. The Labute approximate surface area is 95.1 Å². The monoisotopic (exact) mass is 249 g/mol. The summed E-state index contributed by atoms with van der Waals surface area (Å²) in [6.07, 6.45) is -4.84. The molecule has 1 aromatic carbocycles. The molecule has 0 radical (unpaired) electrons. The Morgan fingerprint density at radius 3 is 2.47 bits per heavy atom. The first-order valence-corrected chi connectivity index (χ1v) is 4.53. The number of benzene rings is 1. The highest BCUT2D eigenvalue weighted by Gasteiger charge is 2.33. The van der Waals surface area contributed by atoms with E-state index in [0.29, 0.717) is 0 Å². The van der Waals surface area contributed by atoms with E-state index in [1.807, 2.05) is 0 Å². The fraction of sp³-hybridized carbons (Fsp3) is 0.300. The lowest BCUT2D eigenvalue weighted by Crippen LogP contribution is -2.25. The Bertz CT molecular complexity index is 406. The molecule has 0 aromatic heterocycles. The van der Waals surface area contributed by atoms with E-state index in [1.54, 1.807) is 0 Å². The Morgan fingerprint density at radius 2 is 1.94 bits per heavy atom. The van der Waals surface area contributed by atoms with Crippen molar-refractivity contribution in [1.82, 2.24) is 0 Å². The number of carbonyl (C=O) groups is 1. The molecule has 94 valence electrons. The van der Waals surface area contributed by atoms with Crippen LogP contribution in [0.25, 0.3) is 0 Å². The highest BCUT2D eigenvalue weighted by atomic mass is 19.4. The Balaban J connectivity index is 3.03. The van der Waals surface area contributed by atoms with Crippen LogP contribution in [0.4, 0.5) is 13.2 Å². The van der Waals surface area contributed by atoms with Gasteiger partial charge in [-0.1, -0.05) is 18.2 Å². The minimum absolute atomic E-state index is 0.0864. The second kappa shape index (κ2) is 5.05. The molecule has 0 fully saturated rings. The number of carbonyl (C=O) groups excluding carboxylic acids is 1. The van der Waals surface area contributed by atoms with E-state index in [9.17, 15) is 18.0 Å². The van der Waals surface area contributed by atoms with Crippen LogP contribution < -0.4 is 10.5 Å². The quantitative estimate of drug-likeness (QED) is 0.829. The summed E-state index contributed by atoms with van der Waals surface area (Å²) in [6, 6.07) is 3.81. The smallest absolute Gasteiger partial charge is 0.468 e. The number of nitrogens with two attached hydrogens (primary N) is 1. The van der Waals surface area contributed by atoms with E-state index in [4.69, 9.17) is 5.73 Å². The molecular formula is C10H10F3NO3. The zero-order chi connectivity index (χ0) is 13.1. The van der Waals surface area contributed by atoms with Gasteiger partial charge in [0.2, 0.25) is 0 Å². The molecule has 7 heteroatoms. The third-order valence-corrected chi connectivity index (χ3v) is 1.93. The fourth-order valence-electron chi connectivity index (χ4n) is 1.21. The highest BCUT2D eigenvalue weighted by Crippen LogP contribution is 2.29. The van der Waals surface area contributed by atoms with Gasteiger partial charge in [0, 0.05) is 5.56 Å². The summed E-state index contributed by atoms with van der Waals surface area (Å²) < 4.78 is 44.4. The summed E-state index contributed by atoms with van der Waals surface area (Å²) in [5.41, 5.74) is 5.36. The normalized spacial score (nSPS) is 13.0. The summed E-state index contributed by atoms with van der Waals surface area (Å²) in [5, 5.41) is 0. The summed E-state index contributed by atoms with van der Waals surface area (Å²) in [5.74, 6) is -1.36. The molecule has 17 heavy (non-hydrogen) atoms. The van der Waals surface area contributed by atoms with Gasteiger partial charge >= 0.3 is 12.3 Å². The molecule has 0 aliphatic carbocycles. The third-order valence-electron chi connectivity index (χ3n) is 1.93. The van der Waals surface area contributed by atoms with E-state index < -0.39 is 24.1 Å². The second-order valence-corrected chi connectivity index (χ2v) is 3.09. The van der Waals surface area contributed by atoms with Crippen LogP contribution in [0, 0.1) is 0 Å². The summed E-state index contributed by atoms with van der Waals surface area (Å²) in [6.45, 7) is 0. The second-order valence-electron chi connectivity index (χ2n) is 3.09. The average molecular weight is 249 g/mol. The summed E-state index contributed by atoms with van der Waals surface area (Å²) in [7, 11) is 1.09. The number of ether oxygens (including phenoxy) is 2. The third kappa shape index (κ3) is 3.63. The molecule has 0 amide bonds. The van der Waals surface area contributed by atoms with Crippen LogP contribution >= 0.6 is 0 Å². The van der Waals surface area contributed by atoms with Gasteiger partial charge in [-0.2, -0.15) is 0 Å². The lowest BCUT2D eigenvalue weighted by molar-refractivity contribution is -0.275. The molecular weight excluding hydrogens is 239 g/mol. The first-order valence-electron chi connectivity index (χ1n) is 4.53. The molecule has 1 rings (SSSR count). The van der Waals surface area contributed by atoms with Crippen molar-refractivity contribution >= 4 is 5.97 Å². The lowest BCUT2D eigenvalue weighted by Gasteiger charge is -2.16. The predicted molar refractivity (Wildman–Crippen MR) is 52.1 cm³/mol. The van der Waals surface area contributed by atoms with Crippen molar-refractivity contribution in [3.63, 3.8) is 0 Å². The van der Waals surface area contributed by atoms with Gasteiger partial charge in [0.1, 0.15) is 11.8 Å². The van der Waals surface area contributed by atoms with Crippen LogP contribution in [0.3, 0.4) is 0 Å². The largest absolute Gasteiger partial charge is 0.573 e. The first-order chi connectivity index (χ1) is 7.85. The molecule has 0 aliphatic heterocycles. The molecule has 0 bridgehead atoms. The molecule has 0 heterocycles. The minimum Gasteiger partial charge on any atom is -0.468 e. The van der Waals surface area contributed by atoms with Crippen LogP contribution in [0.1, 0.15) is 11.6 Å². The van der Waals surface area contributed by atoms with E-state index in [1.165, 1.54) is 18.2 Å². The van der Waals surface area contributed by atoms with Gasteiger partial charge in [0.15, 0.2) is 0 Å². The number of methoxy groups -OCH3 is 1. The van der Waals surface area contributed by atoms with Gasteiger partial charge < -0.3 is 15.2 Å². The van der Waals surface area contributed by atoms with Crippen LogP contribution in [0.2, 0.25) is 0 Å². The molecule has 0 aliphatic rings. The number of halogens is 3. The number of rotatable bonds is 3. The van der Waals surface area contributed by atoms with E-state index in [2.05, 4.69) is 9.47 Å². The van der Waals surface area contributed by atoms with Gasteiger partial charge in [-0.25, -0.2) is 0 Å². The molecule has 1 atom stereocenters. The van der Waals surface area contributed by atoms with Gasteiger partial charge in [-0.15, -0.1) is 13.2 Å². The maximum Gasteiger partial charge on any atom is 0.573 e. The Kier molecular flexibility index (Phi) is 3.95. The molecule has 1 aromatic rings. The number of esters is 1. The molecule has 1 unspecified atom stereocenters. The number of para-hydroxylation sites is 1. The van der Waals surface area contributed by atoms with Crippen LogP contribution in [-0.4, -0.2) is 19.4 Å². The number of hydrogen-bond donors (Lipinski definition) is 1. The van der Waals surface area contributed by atoms with E-state index in [-0.39, 0.29) is 5.56 Å². The first kappa shape index (κ1) is 13.3. The number of hydrogen-bond acceptors (Lipinski definition) is 4. The number of alkyl halides is 3. The molecule has 4 nitrogen and oxygen atoms in total. The molecule has 0 spiro atoms. The maximum atomic E-state index is 12.1. The van der Waals surface area contributed by atoms with Crippen molar-refractivity contribution in [2.24, 2.45) is 5.73 Å². The average Bonchev–Trinajstić information content (AvgIpc) is 2.25. The topological polar surface area (TPSA) is 61.5 Å². The SMILES string of the molecule is COC(=O)C(N)c1ccccc1OC(F)(F)F. The van der Waals surface area contributed by atoms with Crippen molar-refractivity contribution in [2.75, 3.05) is 7.11 Å². The van der Waals surface area contributed by atoms with Crippen molar-refractivity contribution in [3.8, 4) is 5.75 Å². The van der Waals surface area contributed by atoms with Crippen LogP contribution in [-0.2, 0) is 9.53 Å². The van der Waals surface area contributed by atoms with Crippen molar-refractivity contribution in [3.05, 3.63) is 29.8 Å². The Hall–Kier alpha value is -1.76. The highest BCUT2D eigenvalue weighted by molar-refractivity contribution is 5.78. The van der Waals surface area contributed by atoms with Crippen molar-refractivity contribution < 1.29 is 27.4 Å². The van der Waals surface area contributed by atoms with E-state index in [0.717, 1.165) is 13.2 Å². The fourth-order valence-corrected chi connectivity index (χ4v) is 1.21. The van der Waals surface area contributed by atoms with Crippen LogP contribution in [0.15, 0.2) is 24.3 Å². The summed E-state index contributed by atoms with van der Waals surface area (Å²) in [4.78, 5) is 11.1. The van der Waals surface area contributed by atoms with Gasteiger partial charge in [-0.3, -0.25) is 4.79 Å². The Morgan fingerprint density at radius 1 is 1.35 bits per heavy atom. The standard InChI is InChI=1S/C10H10F3NO3/c1-16-9(15)8(14)6-4-2-3-5-7(6)17-10(11,12)13/h2-5,8H,14H2,1H3. The zero-order valence-corrected chi connectivity index (χ0v) is 8.82. The lowest BCUT2D eigenvalue weighted by atomic mass is 10.1. The van der Waals surface area contributed by atoms with E-state index >= 15 is 0 Å². The van der Waals surface area contributed by atoms with Crippen molar-refractivity contribution in [1.29, 1.82) is 0 Å². The predicted octanol–water partition coefficient (Wildman–Crippen LogP) is 1.76. The van der Waals surface area contributed by atoms with Crippen LogP contribution in [0.5, 0.6) is 5.75 Å². The molecule has 0 saturated carbocycles. The molecule has 0 saturated heterocycles.